The van der Waals surface area contributed by atoms with Crippen molar-refractivity contribution in [1.29, 1.82) is 0 Å². The van der Waals surface area contributed by atoms with Crippen LogP contribution in [0.15, 0.2) is 18.2 Å². The lowest BCUT2D eigenvalue weighted by Gasteiger charge is -2.09. The van der Waals surface area contributed by atoms with E-state index in [1.807, 2.05) is 13.8 Å². The van der Waals surface area contributed by atoms with Gasteiger partial charge in [-0.15, -0.1) is 0 Å². The van der Waals surface area contributed by atoms with Crippen molar-refractivity contribution in [3.8, 4) is 5.75 Å². The number of nitrogens with one attached hydrogen (secondary N) is 1. The first-order valence-corrected chi connectivity index (χ1v) is 6.87. The van der Waals surface area contributed by atoms with Crippen LogP contribution in [-0.2, 0) is 11.3 Å². The first-order chi connectivity index (χ1) is 9.69. The average Bonchev–Trinajstić information content (AvgIpc) is 2.44. The molecule has 6 nitrogen and oxygen atoms in total. The van der Waals surface area contributed by atoms with Crippen LogP contribution in [0.1, 0.15) is 25.8 Å². The van der Waals surface area contributed by atoms with Gasteiger partial charge in [-0.2, -0.15) is 0 Å². The lowest BCUT2D eigenvalue weighted by molar-refractivity contribution is -0.385. The summed E-state index contributed by atoms with van der Waals surface area (Å²) in [6.07, 6.45) is 0.711. The van der Waals surface area contributed by atoms with E-state index in [-0.39, 0.29) is 5.69 Å². The molecule has 0 aliphatic rings. The van der Waals surface area contributed by atoms with Gasteiger partial charge in [0, 0.05) is 32.2 Å². The molecule has 1 aromatic rings. The van der Waals surface area contributed by atoms with E-state index in [0.717, 1.165) is 12.1 Å². The number of nitro groups is 1. The second-order valence-corrected chi connectivity index (χ2v) is 4.24. The summed E-state index contributed by atoms with van der Waals surface area (Å²) in [5, 5.41) is 14.1. The zero-order chi connectivity index (χ0) is 14.8. The smallest absolute Gasteiger partial charge is 0.310 e. The molecular weight excluding hydrogens is 260 g/mol. The molecule has 0 unspecified atom stereocenters. The Kier molecular flexibility index (Phi) is 7.60. The predicted octanol–water partition coefficient (Wildman–Crippen LogP) is 2.51. The van der Waals surface area contributed by atoms with E-state index in [1.165, 1.54) is 6.07 Å². The molecule has 0 aliphatic heterocycles. The normalized spacial score (nSPS) is 10.5. The van der Waals surface area contributed by atoms with Crippen LogP contribution >= 0.6 is 0 Å². The summed E-state index contributed by atoms with van der Waals surface area (Å²) in [5.41, 5.74) is 0.971. The molecule has 1 aromatic carbocycles. The molecule has 0 heterocycles. The van der Waals surface area contributed by atoms with Gasteiger partial charge in [0.05, 0.1) is 11.5 Å². The van der Waals surface area contributed by atoms with Crippen molar-refractivity contribution in [3.63, 3.8) is 0 Å². The Morgan fingerprint density at radius 3 is 2.75 bits per heavy atom. The summed E-state index contributed by atoms with van der Waals surface area (Å²) < 4.78 is 10.7. The quantitative estimate of drug-likeness (QED) is 0.405. The first kappa shape index (κ1) is 16.4. The molecular formula is C14H22N2O4. The Bertz CT molecular complexity index is 424. The third kappa shape index (κ3) is 5.54. The highest BCUT2D eigenvalue weighted by Crippen LogP contribution is 2.28. The van der Waals surface area contributed by atoms with Crippen molar-refractivity contribution in [2.24, 2.45) is 0 Å². The van der Waals surface area contributed by atoms with Gasteiger partial charge in [-0.25, -0.2) is 0 Å². The van der Waals surface area contributed by atoms with Gasteiger partial charge in [-0.1, -0.05) is 13.0 Å². The molecule has 112 valence electrons. The Labute approximate surface area is 119 Å². The molecule has 0 aliphatic carbocycles. The van der Waals surface area contributed by atoms with Crippen LogP contribution in [0.4, 0.5) is 5.69 Å². The highest BCUT2D eigenvalue weighted by molar-refractivity contribution is 5.48. The second-order valence-electron chi connectivity index (χ2n) is 4.24. The topological polar surface area (TPSA) is 73.6 Å². The van der Waals surface area contributed by atoms with Crippen LogP contribution in [-0.4, -0.2) is 31.3 Å². The maximum Gasteiger partial charge on any atom is 0.310 e. The van der Waals surface area contributed by atoms with Crippen molar-refractivity contribution >= 4 is 5.69 Å². The van der Waals surface area contributed by atoms with Gasteiger partial charge < -0.3 is 14.8 Å². The zero-order valence-corrected chi connectivity index (χ0v) is 12.1. The molecule has 20 heavy (non-hydrogen) atoms. The van der Waals surface area contributed by atoms with Crippen LogP contribution in [0.25, 0.3) is 0 Å². The standard InChI is InChI=1S/C14H22N2O4/c1-3-15-11-12-6-7-13(16(17)18)14(10-12)20-9-5-8-19-4-2/h6-7,10,15H,3-5,8-9,11H2,1-2H3. The molecule has 1 N–H and O–H groups in total. The minimum Gasteiger partial charge on any atom is -0.487 e. The Morgan fingerprint density at radius 2 is 2.10 bits per heavy atom. The molecule has 1 rings (SSSR count). The fourth-order valence-electron chi connectivity index (χ4n) is 1.69. The number of hydrogen-bond acceptors (Lipinski definition) is 5. The van der Waals surface area contributed by atoms with Crippen LogP contribution in [0, 0.1) is 10.1 Å². The van der Waals surface area contributed by atoms with Crippen LogP contribution in [0.3, 0.4) is 0 Å². The highest BCUT2D eigenvalue weighted by atomic mass is 16.6. The number of benzene rings is 1. The number of nitrogens with zero attached hydrogens (tertiary/aromatic N) is 1. The summed E-state index contributed by atoms with van der Waals surface area (Å²) in [5.74, 6) is 0.321. The Balaban J connectivity index is 2.65. The van der Waals surface area contributed by atoms with E-state index in [9.17, 15) is 10.1 Å². The SMILES string of the molecule is CCNCc1ccc([N+](=O)[O-])c(OCCCOCC)c1. The maximum atomic E-state index is 11.0. The largest absolute Gasteiger partial charge is 0.487 e. The van der Waals surface area contributed by atoms with Crippen molar-refractivity contribution in [1.82, 2.24) is 5.32 Å². The van der Waals surface area contributed by atoms with Gasteiger partial charge in [-0.3, -0.25) is 10.1 Å². The third-order valence-corrected chi connectivity index (χ3v) is 2.69. The Hall–Kier alpha value is -1.66. The van der Waals surface area contributed by atoms with E-state index in [1.54, 1.807) is 12.1 Å². The molecule has 0 spiro atoms. The Morgan fingerprint density at radius 1 is 1.30 bits per heavy atom. The number of ether oxygens (including phenoxy) is 2. The van der Waals surface area contributed by atoms with Crippen molar-refractivity contribution in [3.05, 3.63) is 33.9 Å². The summed E-state index contributed by atoms with van der Waals surface area (Å²) in [6, 6.07) is 4.96. The summed E-state index contributed by atoms with van der Waals surface area (Å²) in [6.45, 7) is 7.13. The molecule has 0 amide bonds. The van der Waals surface area contributed by atoms with E-state index in [4.69, 9.17) is 9.47 Å². The van der Waals surface area contributed by atoms with Crippen LogP contribution < -0.4 is 10.1 Å². The number of nitro benzene ring substituents is 1. The fourth-order valence-corrected chi connectivity index (χ4v) is 1.69. The molecule has 0 saturated carbocycles. The summed E-state index contributed by atoms with van der Waals surface area (Å²) in [7, 11) is 0. The van der Waals surface area contributed by atoms with Crippen LogP contribution in [0.5, 0.6) is 5.75 Å². The van der Waals surface area contributed by atoms with Gasteiger partial charge >= 0.3 is 5.69 Å². The maximum absolute atomic E-state index is 11.0. The lowest BCUT2D eigenvalue weighted by Crippen LogP contribution is -2.12. The predicted molar refractivity (Wildman–Crippen MR) is 77.1 cm³/mol. The lowest BCUT2D eigenvalue weighted by atomic mass is 10.2. The average molecular weight is 282 g/mol. The molecule has 0 atom stereocenters. The van der Waals surface area contributed by atoms with E-state index in [0.29, 0.717) is 38.5 Å². The molecule has 6 heteroatoms. The minimum absolute atomic E-state index is 0.00154. The van der Waals surface area contributed by atoms with Gasteiger partial charge in [0.15, 0.2) is 5.75 Å². The van der Waals surface area contributed by atoms with E-state index >= 15 is 0 Å². The molecule has 0 saturated heterocycles. The van der Waals surface area contributed by atoms with E-state index in [2.05, 4.69) is 5.32 Å². The molecule has 0 radical (unpaired) electrons. The third-order valence-electron chi connectivity index (χ3n) is 2.69. The highest BCUT2D eigenvalue weighted by Gasteiger charge is 2.15. The van der Waals surface area contributed by atoms with Crippen molar-refractivity contribution in [2.45, 2.75) is 26.8 Å². The number of hydrogen-bond donors (Lipinski definition) is 1. The summed E-state index contributed by atoms with van der Waals surface area (Å²) >= 11 is 0. The fraction of sp³-hybridized carbons (Fsp3) is 0.571. The van der Waals surface area contributed by atoms with Gasteiger partial charge in [-0.05, 0) is 25.1 Å². The van der Waals surface area contributed by atoms with Crippen molar-refractivity contribution in [2.75, 3.05) is 26.4 Å². The molecule has 0 fully saturated rings. The van der Waals surface area contributed by atoms with Crippen LogP contribution in [0.2, 0.25) is 0 Å². The number of rotatable bonds is 10. The van der Waals surface area contributed by atoms with Gasteiger partial charge in [0.25, 0.3) is 0 Å². The van der Waals surface area contributed by atoms with E-state index < -0.39 is 4.92 Å². The zero-order valence-electron chi connectivity index (χ0n) is 12.1. The summed E-state index contributed by atoms with van der Waals surface area (Å²) in [4.78, 5) is 10.5. The van der Waals surface area contributed by atoms with Gasteiger partial charge in [0.2, 0.25) is 0 Å². The van der Waals surface area contributed by atoms with Gasteiger partial charge in [0.1, 0.15) is 0 Å². The first-order valence-electron chi connectivity index (χ1n) is 6.87. The second kappa shape index (κ2) is 9.28. The minimum atomic E-state index is -0.422. The van der Waals surface area contributed by atoms with Crippen molar-refractivity contribution < 1.29 is 14.4 Å². The molecule has 0 bridgehead atoms. The monoisotopic (exact) mass is 282 g/mol. The molecule has 0 aromatic heterocycles.